The fourth-order valence-corrected chi connectivity index (χ4v) is 3.86. The number of benzene rings is 2. The summed E-state index contributed by atoms with van der Waals surface area (Å²) in [4.78, 5) is 26.8. The van der Waals surface area contributed by atoms with Crippen LogP contribution in [0.15, 0.2) is 46.9 Å². The monoisotopic (exact) mass is 400 g/mol. The molecule has 2 aromatic rings. The molecule has 1 N–H and O–H groups in total. The number of carbonyl (C=O) groups is 2. The van der Waals surface area contributed by atoms with Crippen molar-refractivity contribution in [3.8, 4) is 0 Å². The van der Waals surface area contributed by atoms with Gasteiger partial charge >= 0.3 is 0 Å². The molecule has 3 rings (SSSR count). The highest BCUT2D eigenvalue weighted by Gasteiger charge is 2.35. The minimum absolute atomic E-state index is 0.00501. The Hall–Kier alpha value is -2.14. The lowest BCUT2D eigenvalue weighted by Crippen LogP contribution is -2.28. The number of nitrogens with zero attached hydrogens (tertiary/aromatic N) is 1. The molecular weight excluding hydrogens is 380 g/mol. The SMILES string of the molecule is CCc1cc(Br)cc(C)c1NC(=O)[C@@H]1CC(=O)N(c2ccccc2)C1. The number of aryl methyl sites for hydroxylation is 2. The van der Waals surface area contributed by atoms with Crippen LogP contribution in [0.2, 0.25) is 0 Å². The lowest BCUT2D eigenvalue weighted by atomic mass is 10.0. The zero-order valence-corrected chi connectivity index (χ0v) is 16.0. The van der Waals surface area contributed by atoms with Gasteiger partial charge in [-0.3, -0.25) is 9.59 Å². The van der Waals surface area contributed by atoms with Gasteiger partial charge in [0.15, 0.2) is 0 Å². The zero-order chi connectivity index (χ0) is 18.0. The van der Waals surface area contributed by atoms with E-state index in [-0.39, 0.29) is 24.2 Å². The van der Waals surface area contributed by atoms with Crippen molar-refractivity contribution in [3.63, 3.8) is 0 Å². The number of rotatable bonds is 4. The minimum atomic E-state index is -0.333. The second-order valence-corrected chi connectivity index (χ2v) is 7.26. The predicted molar refractivity (Wildman–Crippen MR) is 104 cm³/mol. The summed E-state index contributed by atoms with van der Waals surface area (Å²) in [5.41, 5.74) is 3.81. The average Bonchev–Trinajstić information content (AvgIpc) is 2.99. The van der Waals surface area contributed by atoms with Crippen LogP contribution < -0.4 is 10.2 Å². The Morgan fingerprint density at radius 2 is 2.00 bits per heavy atom. The van der Waals surface area contributed by atoms with Gasteiger partial charge in [0.2, 0.25) is 11.8 Å². The molecule has 1 saturated heterocycles. The quantitative estimate of drug-likeness (QED) is 0.830. The molecule has 0 unspecified atom stereocenters. The van der Waals surface area contributed by atoms with Gasteiger partial charge in [0.25, 0.3) is 0 Å². The van der Waals surface area contributed by atoms with E-state index in [9.17, 15) is 9.59 Å². The standard InChI is InChI=1S/C20H21BrN2O2/c1-3-14-10-16(21)9-13(2)19(14)22-20(25)15-11-18(24)23(12-15)17-7-5-4-6-8-17/h4-10,15H,3,11-12H2,1-2H3,(H,22,25)/t15-/m1/s1. The number of carbonyl (C=O) groups excluding carboxylic acids is 2. The van der Waals surface area contributed by atoms with Crippen LogP contribution in [0.3, 0.4) is 0 Å². The Morgan fingerprint density at radius 1 is 1.28 bits per heavy atom. The van der Waals surface area contributed by atoms with Crippen molar-refractivity contribution >= 4 is 39.1 Å². The van der Waals surface area contributed by atoms with Crippen LogP contribution in [0, 0.1) is 12.8 Å². The van der Waals surface area contributed by atoms with Crippen LogP contribution in [0.1, 0.15) is 24.5 Å². The summed E-state index contributed by atoms with van der Waals surface area (Å²) in [7, 11) is 0. The number of anilines is 2. The third-order valence-corrected chi connectivity index (χ3v) is 5.03. The van der Waals surface area contributed by atoms with Crippen LogP contribution >= 0.6 is 15.9 Å². The number of amides is 2. The van der Waals surface area contributed by atoms with Crippen molar-refractivity contribution < 1.29 is 9.59 Å². The third kappa shape index (κ3) is 3.76. The number of hydrogen-bond donors (Lipinski definition) is 1. The number of halogens is 1. The van der Waals surface area contributed by atoms with Crippen LogP contribution in [0.5, 0.6) is 0 Å². The van der Waals surface area contributed by atoms with Crippen molar-refractivity contribution in [2.24, 2.45) is 5.92 Å². The number of nitrogens with one attached hydrogen (secondary N) is 1. The maximum Gasteiger partial charge on any atom is 0.229 e. The van der Waals surface area contributed by atoms with Crippen LogP contribution in [-0.2, 0) is 16.0 Å². The first-order chi connectivity index (χ1) is 12.0. The van der Waals surface area contributed by atoms with E-state index in [1.54, 1.807) is 4.90 Å². The highest BCUT2D eigenvalue weighted by molar-refractivity contribution is 9.10. The fraction of sp³-hybridized carbons (Fsp3) is 0.300. The highest BCUT2D eigenvalue weighted by atomic mass is 79.9. The van der Waals surface area contributed by atoms with Gasteiger partial charge in [0, 0.05) is 28.8 Å². The summed E-state index contributed by atoms with van der Waals surface area (Å²) in [5, 5.41) is 3.05. The minimum Gasteiger partial charge on any atom is -0.325 e. The zero-order valence-electron chi connectivity index (χ0n) is 14.4. The highest BCUT2D eigenvalue weighted by Crippen LogP contribution is 2.29. The predicted octanol–water partition coefficient (Wildman–Crippen LogP) is 4.31. The van der Waals surface area contributed by atoms with Gasteiger partial charge in [-0.05, 0) is 48.7 Å². The summed E-state index contributed by atoms with van der Waals surface area (Å²) in [6.07, 6.45) is 1.08. The first-order valence-corrected chi connectivity index (χ1v) is 9.24. The maximum absolute atomic E-state index is 12.7. The van der Waals surface area contributed by atoms with Gasteiger partial charge in [0.05, 0.1) is 5.92 Å². The molecule has 2 aromatic carbocycles. The molecule has 0 saturated carbocycles. The summed E-state index contributed by atoms with van der Waals surface area (Å²) in [6.45, 7) is 4.47. The van der Waals surface area contributed by atoms with E-state index < -0.39 is 0 Å². The molecular formula is C20H21BrN2O2. The molecule has 1 atom stereocenters. The second kappa shape index (κ2) is 7.40. The summed E-state index contributed by atoms with van der Waals surface area (Å²) >= 11 is 3.50. The largest absolute Gasteiger partial charge is 0.325 e. The molecule has 4 nitrogen and oxygen atoms in total. The molecule has 0 radical (unpaired) electrons. The van der Waals surface area contributed by atoms with E-state index in [0.29, 0.717) is 6.54 Å². The lowest BCUT2D eigenvalue weighted by molar-refractivity contribution is -0.122. The maximum atomic E-state index is 12.7. The summed E-state index contributed by atoms with van der Waals surface area (Å²) in [6, 6.07) is 13.5. The molecule has 0 aliphatic carbocycles. The van der Waals surface area contributed by atoms with E-state index >= 15 is 0 Å². The smallest absolute Gasteiger partial charge is 0.229 e. The van der Waals surface area contributed by atoms with E-state index in [4.69, 9.17) is 0 Å². The number of hydrogen-bond acceptors (Lipinski definition) is 2. The van der Waals surface area contributed by atoms with E-state index in [0.717, 1.165) is 33.4 Å². The van der Waals surface area contributed by atoms with Crippen molar-refractivity contribution in [1.29, 1.82) is 0 Å². The second-order valence-electron chi connectivity index (χ2n) is 6.34. The van der Waals surface area contributed by atoms with Crippen LogP contribution in [0.4, 0.5) is 11.4 Å². The van der Waals surface area contributed by atoms with E-state index in [1.807, 2.05) is 49.4 Å². The Bertz CT molecular complexity index is 805. The Morgan fingerprint density at radius 3 is 2.68 bits per heavy atom. The molecule has 25 heavy (non-hydrogen) atoms. The van der Waals surface area contributed by atoms with E-state index in [1.165, 1.54) is 0 Å². The molecule has 0 aromatic heterocycles. The number of para-hydroxylation sites is 1. The molecule has 0 spiro atoms. The van der Waals surface area contributed by atoms with Gasteiger partial charge in [0.1, 0.15) is 0 Å². The normalized spacial score (nSPS) is 17.0. The molecule has 1 heterocycles. The fourth-order valence-electron chi connectivity index (χ4n) is 3.24. The first kappa shape index (κ1) is 17.7. The first-order valence-electron chi connectivity index (χ1n) is 8.45. The van der Waals surface area contributed by atoms with Gasteiger partial charge in [-0.25, -0.2) is 0 Å². The molecule has 1 aliphatic heterocycles. The lowest BCUT2D eigenvalue weighted by Gasteiger charge is -2.18. The average molecular weight is 401 g/mol. The summed E-state index contributed by atoms with van der Waals surface area (Å²) < 4.78 is 1.01. The van der Waals surface area contributed by atoms with Gasteiger partial charge in [-0.2, -0.15) is 0 Å². The van der Waals surface area contributed by atoms with Gasteiger partial charge < -0.3 is 10.2 Å². The Kier molecular flexibility index (Phi) is 5.23. The van der Waals surface area contributed by atoms with E-state index in [2.05, 4.69) is 28.2 Å². The van der Waals surface area contributed by atoms with Crippen molar-refractivity contribution in [2.75, 3.05) is 16.8 Å². The van der Waals surface area contributed by atoms with Crippen molar-refractivity contribution in [2.45, 2.75) is 26.7 Å². The molecule has 5 heteroatoms. The molecule has 2 amide bonds. The Balaban J connectivity index is 1.76. The van der Waals surface area contributed by atoms with Crippen molar-refractivity contribution in [1.82, 2.24) is 0 Å². The molecule has 130 valence electrons. The van der Waals surface area contributed by atoms with Crippen LogP contribution in [0.25, 0.3) is 0 Å². The van der Waals surface area contributed by atoms with Gasteiger partial charge in [-0.15, -0.1) is 0 Å². The molecule has 0 bridgehead atoms. The van der Waals surface area contributed by atoms with Crippen molar-refractivity contribution in [3.05, 3.63) is 58.1 Å². The molecule has 1 fully saturated rings. The third-order valence-electron chi connectivity index (χ3n) is 4.57. The summed E-state index contributed by atoms with van der Waals surface area (Å²) in [5.74, 6) is -0.429. The van der Waals surface area contributed by atoms with Gasteiger partial charge in [-0.1, -0.05) is 41.1 Å². The molecule has 1 aliphatic rings. The van der Waals surface area contributed by atoms with Crippen LogP contribution in [-0.4, -0.2) is 18.4 Å². The topological polar surface area (TPSA) is 49.4 Å². The Labute approximate surface area is 156 Å².